The third-order valence-corrected chi connectivity index (χ3v) is 8.22. The molecule has 0 spiro atoms. The van der Waals surface area contributed by atoms with E-state index in [-0.39, 0.29) is 37.1 Å². The Morgan fingerprint density at radius 1 is 1.09 bits per heavy atom. The number of nitrogens with zero attached hydrogens (tertiary/aromatic N) is 4. The number of benzene rings is 1. The zero-order chi connectivity index (χ0) is 24.7. The van der Waals surface area contributed by atoms with Crippen LogP contribution in [0.4, 0.5) is 27.9 Å². The first kappa shape index (κ1) is 24.4. The summed E-state index contributed by atoms with van der Waals surface area (Å²) in [4.78, 5) is 24.1. The van der Waals surface area contributed by atoms with E-state index in [1.807, 2.05) is 0 Å². The van der Waals surface area contributed by atoms with E-state index in [1.54, 1.807) is 4.90 Å². The van der Waals surface area contributed by atoms with Crippen LogP contribution in [0.2, 0.25) is 0 Å². The van der Waals surface area contributed by atoms with Crippen molar-refractivity contribution in [2.45, 2.75) is 25.1 Å². The molecule has 6 nitrogen and oxygen atoms in total. The number of carbonyl (C=O) groups excluding carboxylic acids is 1. The molecule has 12 heteroatoms. The summed E-state index contributed by atoms with van der Waals surface area (Å²) in [5, 5.41) is 0. The number of carbonyl (C=O) groups is 1. The fourth-order valence-corrected chi connectivity index (χ4v) is 5.97. The van der Waals surface area contributed by atoms with Gasteiger partial charge in [-0.15, -0.1) is 0 Å². The van der Waals surface area contributed by atoms with Crippen LogP contribution < -0.4 is 4.90 Å². The highest BCUT2D eigenvalue weighted by atomic mass is 32.2. The van der Waals surface area contributed by atoms with E-state index in [2.05, 4.69) is 15.8 Å². The molecule has 0 N–H and O–H groups in total. The van der Waals surface area contributed by atoms with Crippen molar-refractivity contribution in [1.29, 1.82) is 0 Å². The molecule has 184 valence electrons. The van der Waals surface area contributed by atoms with Gasteiger partial charge in [0.05, 0.1) is 11.6 Å². The minimum Gasteiger partial charge on any atom is -0.337 e. The van der Waals surface area contributed by atoms with Crippen LogP contribution in [0.1, 0.15) is 30.0 Å². The van der Waals surface area contributed by atoms with Crippen LogP contribution >= 0.6 is 0 Å². The van der Waals surface area contributed by atoms with Crippen LogP contribution in [0.25, 0.3) is 0 Å². The Balaban J connectivity index is 1.61. The van der Waals surface area contributed by atoms with Crippen molar-refractivity contribution in [3.63, 3.8) is 0 Å². The lowest BCUT2D eigenvalue weighted by Crippen LogP contribution is -2.53. The third-order valence-electron chi connectivity index (χ3n) is 6.26. The average Bonchev–Trinajstić information content (AvgIpc) is 2.78. The molecule has 0 radical (unpaired) electrons. The molecule has 4 rings (SSSR count). The fourth-order valence-electron chi connectivity index (χ4n) is 4.34. The number of piperazine rings is 1. The first-order valence-corrected chi connectivity index (χ1v) is 12.7. The first-order chi connectivity index (χ1) is 15.9. The van der Waals surface area contributed by atoms with Gasteiger partial charge < -0.3 is 9.80 Å². The summed E-state index contributed by atoms with van der Waals surface area (Å²) in [7, 11) is -2.19. The van der Waals surface area contributed by atoms with Crippen molar-refractivity contribution in [2.75, 3.05) is 36.0 Å². The molecule has 34 heavy (non-hydrogen) atoms. The summed E-state index contributed by atoms with van der Waals surface area (Å²) >= 11 is 0. The van der Waals surface area contributed by atoms with Crippen molar-refractivity contribution in [3.05, 3.63) is 53.4 Å². The summed E-state index contributed by atoms with van der Waals surface area (Å²) in [6.07, 6.45) is -2.43. The first-order valence-electron chi connectivity index (χ1n) is 10.7. The van der Waals surface area contributed by atoms with E-state index in [0.29, 0.717) is 36.7 Å². The minimum atomic E-state index is -4.58. The Morgan fingerprint density at radius 2 is 1.74 bits per heavy atom. The lowest BCUT2D eigenvalue weighted by molar-refractivity contribution is -0.139. The van der Waals surface area contributed by atoms with Gasteiger partial charge in [0.1, 0.15) is 11.6 Å². The summed E-state index contributed by atoms with van der Waals surface area (Å²) in [6.45, 7) is 0.370. The fraction of sp³-hybridized carbons (Fsp3) is 0.455. The Bertz CT molecular complexity index is 1160. The number of hydrogen-bond acceptors (Lipinski definition) is 5. The molecule has 2 saturated heterocycles. The number of aromatic nitrogens is 2. The van der Waals surface area contributed by atoms with Gasteiger partial charge in [0.25, 0.3) is 0 Å². The number of rotatable bonds is 3. The summed E-state index contributed by atoms with van der Waals surface area (Å²) in [5.41, 5.74) is -0.909. The van der Waals surface area contributed by atoms with E-state index in [1.165, 1.54) is 11.0 Å². The van der Waals surface area contributed by atoms with Crippen LogP contribution in [0.5, 0.6) is 0 Å². The van der Waals surface area contributed by atoms with Crippen LogP contribution in [0.3, 0.4) is 0 Å². The minimum absolute atomic E-state index is 0.0124. The highest BCUT2D eigenvalue weighted by Crippen LogP contribution is 2.33. The van der Waals surface area contributed by atoms with Crippen molar-refractivity contribution in [3.8, 4) is 0 Å². The molecule has 1 aromatic carbocycles. The van der Waals surface area contributed by atoms with Crippen molar-refractivity contribution in [2.24, 2.45) is 5.92 Å². The molecule has 1 amide bonds. The summed E-state index contributed by atoms with van der Waals surface area (Å²) < 4.78 is 79.0. The second-order valence-electron chi connectivity index (χ2n) is 8.58. The molecular weight excluding hydrogens is 479 g/mol. The van der Waals surface area contributed by atoms with Gasteiger partial charge in [-0.2, -0.15) is 13.2 Å². The standard InChI is InChI=1S/C22H23F5N4O2S/c1-34(33)8-4-14(5-9-34)20(32)31-7-6-30(21-28-11-15(12-29-21)22(25,26)27)13-19(31)17-3-2-16(23)10-18(17)24/h2-3,10-12,14,19H,1,4-9,13H2/t14?,19-,34?/m0/s1. The number of amides is 1. The average molecular weight is 503 g/mol. The van der Waals surface area contributed by atoms with Crippen LogP contribution in [0.15, 0.2) is 30.6 Å². The lowest BCUT2D eigenvalue weighted by atomic mass is 9.96. The van der Waals surface area contributed by atoms with Crippen LogP contribution in [-0.2, 0) is 20.5 Å². The van der Waals surface area contributed by atoms with Crippen molar-refractivity contribution < 1.29 is 31.0 Å². The number of halogens is 5. The predicted octanol–water partition coefficient (Wildman–Crippen LogP) is 3.29. The molecule has 0 saturated carbocycles. The Hall–Kier alpha value is -2.76. The van der Waals surface area contributed by atoms with E-state index in [9.17, 15) is 31.0 Å². The number of alkyl halides is 3. The lowest BCUT2D eigenvalue weighted by Gasteiger charge is -2.43. The maximum Gasteiger partial charge on any atom is 0.419 e. The smallest absolute Gasteiger partial charge is 0.337 e. The molecular formula is C22H23F5N4O2S. The molecule has 0 aliphatic carbocycles. The highest BCUT2D eigenvalue weighted by molar-refractivity contribution is 8.00. The van der Waals surface area contributed by atoms with Gasteiger partial charge in [0, 0.05) is 61.1 Å². The normalized spacial score (nSPS) is 25.9. The van der Waals surface area contributed by atoms with E-state index in [0.717, 1.165) is 12.1 Å². The van der Waals surface area contributed by atoms with Gasteiger partial charge in [0.2, 0.25) is 11.9 Å². The van der Waals surface area contributed by atoms with Crippen LogP contribution in [-0.4, -0.2) is 62.0 Å². The molecule has 2 aliphatic heterocycles. The molecule has 0 bridgehead atoms. The zero-order valence-corrected chi connectivity index (χ0v) is 18.9. The molecule has 2 aromatic rings. The van der Waals surface area contributed by atoms with Gasteiger partial charge in [-0.3, -0.25) is 9.00 Å². The molecule has 2 fully saturated rings. The summed E-state index contributed by atoms with van der Waals surface area (Å²) in [5.74, 6) is 2.17. The van der Waals surface area contributed by atoms with Gasteiger partial charge >= 0.3 is 6.18 Å². The number of hydrogen-bond donors (Lipinski definition) is 0. The van der Waals surface area contributed by atoms with E-state index < -0.39 is 44.9 Å². The number of anilines is 1. The highest BCUT2D eigenvalue weighted by Gasteiger charge is 2.38. The monoisotopic (exact) mass is 502 g/mol. The van der Waals surface area contributed by atoms with Crippen molar-refractivity contribution in [1.82, 2.24) is 14.9 Å². The second kappa shape index (κ2) is 9.12. The Labute approximate surface area is 193 Å². The Morgan fingerprint density at radius 3 is 2.32 bits per heavy atom. The molecule has 3 heterocycles. The SMILES string of the molecule is C=S1(=O)CCC(C(=O)N2CCN(c3ncc(C(F)(F)F)cn3)C[C@H]2c2ccc(F)cc2F)CC1. The zero-order valence-electron chi connectivity index (χ0n) is 18.1. The van der Waals surface area contributed by atoms with E-state index in [4.69, 9.17) is 0 Å². The molecule has 1 atom stereocenters. The summed E-state index contributed by atoms with van der Waals surface area (Å²) in [6, 6.07) is 2.24. The van der Waals surface area contributed by atoms with Crippen LogP contribution in [0, 0.1) is 17.6 Å². The molecule has 1 aromatic heterocycles. The maximum absolute atomic E-state index is 14.7. The molecule has 0 unspecified atom stereocenters. The maximum atomic E-state index is 14.7. The largest absolute Gasteiger partial charge is 0.419 e. The quantitative estimate of drug-likeness (QED) is 0.476. The van der Waals surface area contributed by atoms with Gasteiger partial charge in [0.15, 0.2) is 0 Å². The second-order valence-corrected chi connectivity index (χ2v) is 11.3. The van der Waals surface area contributed by atoms with Gasteiger partial charge in [-0.1, -0.05) is 6.07 Å². The van der Waals surface area contributed by atoms with Gasteiger partial charge in [-0.25, -0.2) is 18.7 Å². The predicted molar refractivity (Wildman–Crippen MR) is 118 cm³/mol. The Kier molecular flexibility index (Phi) is 6.54. The van der Waals surface area contributed by atoms with E-state index >= 15 is 0 Å². The molecule has 2 aliphatic rings. The van der Waals surface area contributed by atoms with Crippen molar-refractivity contribution >= 4 is 27.2 Å². The van der Waals surface area contributed by atoms with Gasteiger partial charge in [-0.05, 0) is 34.3 Å². The third kappa shape index (κ3) is 5.16. The topological polar surface area (TPSA) is 66.4 Å².